The van der Waals surface area contributed by atoms with E-state index < -0.39 is 0 Å². The summed E-state index contributed by atoms with van der Waals surface area (Å²) in [7, 11) is 1.72. The Morgan fingerprint density at radius 1 is 1.32 bits per heavy atom. The molecule has 2 aliphatic rings. The van der Waals surface area contributed by atoms with E-state index in [9.17, 15) is 9.59 Å². The van der Waals surface area contributed by atoms with Crippen LogP contribution in [0.15, 0.2) is 23.6 Å². The third kappa shape index (κ3) is 3.41. The Balaban J connectivity index is 1.53. The van der Waals surface area contributed by atoms with Gasteiger partial charge < -0.3 is 15.0 Å². The minimum atomic E-state index is -0.101. The topological polar surface area (TPSA) is 58.6 Å². The van der Waals surface area contributed by atoms with Crippen molar-refractivity contribution < 1.29 is 14.3 Å². The van der Waals surface area contributed by atoms with E-state index in [0.29, 0.717) is 28.5 Å². The number of thiophene rings is 1. The van der Waals surface area contributed by atoms with Crippen LogP contribution in [-0.2, 0) is 17.6 Å². The number of rotatable bonds is 2. The van der Waals surface area contributed by atoms with Crippen molar-refractivity contribution in [2.45, 2.75) is 40.0 Å². The van der Waals surface area contributed by atoms with Crippen LogP contribution in [0.25, 0.3) is 0 Å². The van der Waals surface area contributed by atoms with E-state index in [-0.39, 0.29) is 18.4 Å². The molecule has 0 saturated carbocycles. The minimum absolute atomic E-state index is 0.0474. The SMILES string of the molecule is CN1C(=O)COc2ccc(NC(=O)c3csc4c3CCC(C(C)(C)C)C4)cc21. The largest absolute Gasteiger partial charge is 0.482 e. The molecule has 2 aromatic rings. The van der Waals surface area contributed by atoms with Crippen molar-refractivity contribution in [1.29, 1.82) is 0 Å². The first kappa shape index (κ1) is 19.0. The van der Waals surface area contributed by atoms with Gasteiger partial charge in [0.15, 0.2) is 6.61 Å². The Kier molecular flexibility index (Phi) is 4.70. The van der Waals surface area contributed by atoms with Gasteiger partial charge in [0.05, 0.1) is 11.3 Å². The van der Waals surface area contributed by atoms with Crippen molar-refractivity contribution in [1.82, 2.24) is 0 Å². The Hall–Kier alpha value is -2.34. The lowest BCUT2D eigenvalue weighted by Crippen LogP contribution is -2.35. The molecule has 1 aromatic carbocycles. The van der Waals surface area contributed by atoms with Crippen LogP contribution in [0.5, 0.6) is 5.75 Å². The maximum Gasteiger partial charge on any atom is 0.264 e. The third-order valence-electron chi connectivity index (χ3n) is 5.93. The molecular formula is C22H26N2O3S. The molecule has 0 fully saturated rings. The summed E-state index contributed by atoms with van der Waals surface area (Å²) >= 11 is 1.70. The molecule has 6 heteroatoms. The van der Waals surface area contributed by atoms with Crippen molar-refractivity contribution in [3.8, 4) is 5.75 Å². The number of ether oxygens (including phenoxy) is 1. The molecular weight excluding hydrogens is 372 g/mol. The molecule has 5 nitrogen and oxygen atoms in total. The zero-order valence-corrected chi connectivity index (χ0v) is 17.6. The van der Waals surface area contributed by atoms with Crippen LogP contribution in [0.2, 0.25) is 0 Å². The molecule has 1 atom stereocenters. The van der Waals surface area contributed by atoms with E-state index in [1.807, 2.05) is 11.4 Å². The highest BCUT2D eigenvalue weighted by Crippen LogP contribution is 2.41. The van der Waals surface area contributed by atoms with Crippen molar-refractivity contribution >= 4 is 34.5 Å². The van der Waals surface area contributed by atoms with Crippen LogP contribution < -0.4 is 15.0 Å². The first-order chi connectivity index (χ1) is 13.2. The molecule has 2 amide bonds. The van der Waals surface area contributed by atoms with Crippen LogP contribution >= 0.6 is 11.3 Å². The lowest BCUT2D eigenvalue weighted by atomic mass is 9.72. The fraction of sp³-hybridized carbons (Fsp3) is 0.455. The van der Waals surface area contributed by atoms with Crippen LogP contribution in [0.1, 0.15) is 48.0 Å². The Labute approximate surface area is 169 Å². The predicted molar refractivity (Wildman–Crippen MR) is 113 cm³/mol. The van der Waals surface area contributed by atoms with Gasteiger partial charge in [-0.05, 0) is 54.4 Å². The molecule has 1 aliphatic carbocycles. The van der Waals surface area contributed by atoms with Crippen LogP contribution in [0.3, 0.4) is 0 Å². The Morgan fingerprint density at radius 2 is 2.11 bits per heavy atom. The van der Waals surface area contributed by atoms with Crippen LogP contribution in [0, 0.1) is 11.3 Å². The number of fused-ring (bicyclic) bond motifs is 2. The normalized spacial score (nSPS) is 18.9. The second-order valence-corrected chi connectivity index (χ2v) is 9.70. The van der Waals surface area contributed by atoms with Gasteiger partial charge >= 0.3 is 0 Å². The molecule has 0 spiro atoms. The second kappa shape index (κ2) is 6.92. The number of nitrogens with zero attached hydrogens (tertiary/aromatic N) is 1. The fourth-order valence-corrected chi connectivity index (χ4v) is 5.15. The lowest BCUT2D eigenvalue weighted by molar-refractivity contribution is -0.120. The zero-order chi connectivity index (χ0) is 20.1. The summed E-state index contributed by atoms with van der Waals surface area (Å²) in [6.07, 6.45) is 3.13. The highest BCUT2D eigenvalue weighted by atomic mass is 32.1. The number of anilines is 2. The van der Waals surface area contributed by atoms with Gasteiger partial charge in [-0.25, -0.2) is 0 Å². The number of carbonyl (C=O) groups is 2. The van der Waals surface area contributed by atoms with Gasteiger partial charge in [-0.15, -0.1) is 11.3 Å². The Bertz CT molecular complexity index is 942. The molecule has 4 rings (SSSR count). The molecule has 148 valence electrons. The molecule has 0 radical (unpaired) electrons. The van der Waals surface area contributed by atoms with Crippen LogP contribution in [-0.4, -0.2) is 25.5 Å². The third-order valence-corrected chi connectivity index (χ3v) is 6.98. The molecule has 1 N–H and O–H groups in total. The fourth-order valence-electron chi connectivity index (χ4n) is 3.99. The molecule has 2 heterocycles. The van der Waals surface area contributed by atoms with E-state index in [1.165, 1.54) is 10.4 Å². The van der Waals surface area contributed by atoms with Gasteiger partial charge in [-0.1, -0.05) is 20.8 Å². The van der Waals surface area contributed by atoms with E-state index in [2.05, 4.69) is 26.1 Å². The quantitative estimate of drug-likeness (QED) is 0.810. The van der Waals surface area contributed by atoms with Crippen molar-refractivity contribution in [2.75, 3.05) is 23.9 Å². The minimum Gasteiger partial charge on any atom is -0.482 e. The smallest absolute Gasteiger partial charge is 0.264 e. The molecule has 1 unspecified atom stereocenters. The predicted octanol–water partition coefficient (Wildman–Crippen LogP) is 4.51. The van der Waals surface area contributed by atoms with Gasteiger partial charge in [-0.2, -0.15) is 0 Å². The monoisotopic (exact) mass is 398 g/mol. The van der Waals surface area contributed by atoms with Crippen LogP contribution in [0.4, 0.5) is 11.4 Å². The summed E-state index contributed by atoms with van der Waals surface area (Å²) < 4.78 is 5.45. The number of carbonyl (C=O) groups excluding carboxylic acids is 2. The summed E-state index contributed by atoms with van der Waals surface area (Å²) in [5, 5.41) is 4.98. The number of hydrogen-bond donors (Lipinski definition) is 1. The Morgan fingerprint density at radius 3 is 2.86 bits per heavy atom. The van der Waals surface area contributed by atoms with Gasteiger partial charge in [0.2, 0.25) is 0 Å². The first-order valence-corrected chi connectivity index (χ1v) is 10.6. The summed E-state index contributed by atoms with van der Waals surface area (Å²) in [5.41, 5.74) is 3.62. The summed E-state index contributed by atoms with van der Waals surface area (Å²) in [5.74, 6) is 1.12. The highest BCUT2D eigenvalue weighted by Gasteiger charge is 2.31. The summed E-state index contributed by atoms with van der Waals surface area (Å²) in [6, 6.07) is 5.40. The molecule has 28 heavy (non-hydrogen) atoms. The van der Waals surface area contributed by atoms with Gasteiger partial charge in [0, 0.05) is 23.0 Å². The van der Waals surface area contributed by atoms with E-state index in [4.69, 9.17) is 4.74 Å². The van der Waals surface area contributed by atoms with Crippen molar-refractivity contribution in [3.05, 3.63) is 39.6 Å². The van der Waals surface area contributed by atoms with Gasteiger partial charge in [-0.3, -0.25) is 9.59 Å². The average molecular weight is 399 g/mol. The highest BCUT2D eigenvalue weighted by molar-refractivity contribution is 7.10. The average Bonchev–Trinajstić information content (AvgIpc) is 3.08. The number of nitrogens with one attached hydrogen (secondary N) is 1. The maximum absolute atomic E-state index is 12.9. The number of likely N-dealkylation sites (N-methyl/N-ethyl adjacent to an activating group) is 1. The lowest BCUT2D eigenvalue weighted by Gasteiger charge is -2.34. The number of benzene rings is 1. The van der Waals surface area contributed by atoms with E-state index in [0.717, 1.165) is 24.8 Å². The van der Waals surface area contributed by atoms with Gasteiger partial charge in [0.1, 0.15) is 5.75 Å². The number of amides is 2. The van der Waals surface area contributed by atoms with Crippen molar-refractivity contribution in [3.63, 3.8) is 0 Å². The molecule has 1 aromatic heterocycles. The van der Waals surface area contributed by atoms with E-state index >= 15 is 0 Å². The zero-order valence-electron chi connectivity index (χ0n) is 16.8. The molecule has 0 bridgehead atoms. The number of hydrogen-bond acceptors (Lipinski definition) is 4. The summed E-state index contributed by atoms with van der Waals surface area (Å²) in [4.78, 5) is 27.7. The van der Waals surface area contributed by atoms with Crippen molar-refractivity contribution in [2.24, 2.45) is 11.3 Å². The van der Waals surface area contributed by atoms with Gasteiger partial charge in [0.25, 0.3) is 11.8 Å². The maximum atomic E-state index is 12.9. The second-order valence-electron chi connectivity index (χ2n) is 8.73. The summed E-state index contributed by atoms with van der Waals surface area (Å²) in [6.45, 7) is 6.94. The molecule has 0 saturated heterocycles. The standard InChI is InChI=1S/C22H26N2O3S/c1-22(2,3)13-5-7-15-16(12-28-19(15)9-13)21(26)23-14-6-8-18-17(10-14)24(4)20(25)11-27-18/h6,8,10,12-13H,5,7,9,11H2,1-4H3,(H,23,26). The molecule has 1 aliphatic heterocycles. The first-order valence-electron chi connectivity index (χ1n) is 9.68. The van der Waals surface area contributed by atoms with E-state index in [1.54, 1.807) is 35.4 Å².